The summed E-state index contributed by atoms with van der Waals surface area (Å²) in [5, 5.41) is 0. The summed E-state index contributed by atoms with van der Waals surface area (Å²) in [5.74, 6) is -0.896. The zero-order chi connectivity index (χ0) is 39.3. The van der Waals surface area contributed by atoms with Gasteiger partial charge in [-0.05, 0) is 57.8 Å². The van der Waals surface area contributed by atoms with Gasteiger partial charge >= 0.3 is 11.9 Å². The van der Waals surface area contributed by atoms with Crippen LogP contribution in [0.25, 0.3) is 0 Å². The fraction of sp³-hybridized carbons (Fsp3) is 0.721. The van der Waals surface area contributed by atoms with Gasteiger partial charge in [0, 0.05) is 12.8 Å². The van der Waals surface area contributed by atoms with E-state index in [-0.39, 0.29) is 26.1 Å². The molecule has 0 heterocycles. The summed E-state index contributed by atoms with van der Waals surface area (Å²) in [6.45, 7) is 4.00. The van der Waals surface area contributed by atoms with E-state index < -0.39 is 32.5 Å². The lowest BCUT2D eigenvalue weighted by Gasteiger charge is -2.28. The van der Waals surface area contributed by atoms with Gasteiger partial charge in [0.25, 0.3) is 7.82 Å². The number of carbonyl (C=O) groups excluding carboxylic acids is 2. The highest BCUT2D eigenvalue weighted by Crippen LogP contribution is 2.38. The summed E-state index contributed by atoms with van der Waals surface area (Å²) >= 11 is 0. The van der Waals surface area contributed by atoms with E-state index in [2.05, 4.69) is 38.2 Å². The van der Waals surface area contributed by atoms with Crippen molar-refractivity contribution in [1.29, 1.82) is 0 Å². The average Bonchev–Trinajstić information content (AvgIpc) is 3.10. The van der Waals surface area contributed by atoms with Crippen LogP contribution >= 0.6 is 7.82 Å². The molecule has 10 heteroatoms. The topological polar surface area (TPSA) is 111 Å². The summed E-state index contributed by atoms with van der Waals surface area (Å²) in [6.07, 6.45) is 41.1. The molecule has 0 aromatic heterocycles. The van der Waals surface area contributed by atoms with Crippen molar-refractivity contribution in [2.45, 2.75) is 155 Å². The van der Waals surface area contributed by atoms with Crippen molar-refractivity contribution in [2.75, 3.05) is 47.5 Å². The Labute approximate surface area is 324 Å². The van der Waals surface area contributed by atoms with Crippen LogP contribution in [0.2, 0.25) is 0 Å². The number of likely N-dealkylation sites (N-methyl/N-ethyl adjacent to an activating group) is 1. The molecule has 0 saturated heterocycles. The summed E-state index contributed by atoms with van der Waals surface area (Å²) < 4.78 is 33.7. The zero-order valence-corrected chi connectivity index (χ0v) is 35.1. The summed E-state index contributed by atoms with van der Waals surface area (Å²) in [5.41, 5.74) is 0. The summed E-state index contributed by atoms with van der Waals surface area (Å²) in [4.78, 5) is 37.4. The molecule has 0 amide bonds. The molecule has 9 nitrogen and oxygen atoms in total. The monoisotopic (exact) mass is 766 g/mol. The molecule has 0 aromatic carbocycles. The molecule has 2 atom stereocenters. The Hall–Kier alpha value is -2.29. The van der Waals surface area contributed by atoms with E-state index in [1.54, 1.807) is 0 Å². The molecule has 306 valence electrons. The van der Waals surface area contributed by atoms with Crippen molar-refractivity contribution in [1.82, 2.24) is 0 Å². The van der Waals surface area contributed by atoms with Crippen molar-refractivity contribution >= 4 is 19.8 Å². The maximum Gasteiger partial charge on any atom is 0.306 e. The van der Waals surface area contributed by atoms with Gasteiger partial charge < -0.3 is 27.9 Å². The minimum Gasteiger partial charge on any atom is -0.756 e. The molecule has 0 bridgehead atoms. The quantitative estimate of drug-likeness (QED) is 0.0155. The van der Waals surface area contributed by atoms with Gasteiger partial charge in [-0.1, -0.05) is 139 Å². The number of carbonyl (C=O) groups is 2. The van der Waals surface area contributed by atoms with Gasteiger partial charge in [0.2, 0.25) is 0 Å². The molecule has 0 saturated carbocycles. The second-order valence-corrected chi connectivity index (χ2v) is 16.1. The number of hydrogen-bond donors (Lipinski definition) is 0. The predicted molar refractivity (Wildman–Crippen MR) is 217 cm³/mol. The van der Waals surface area contributed by atoms with E-state index >= 15 is 0 Å². The standard InChI is InChI=1S/C43H76NO8P/c1-6-8-10-12-14-16-18-20-21-22-24-25-27-29-31-33-35-42(45)49-39-41(40-51-53(47,48)50-38-37-44(3,4)5)52-43(46)36-34-32-30-28-26-23-19-17-15-13-11-9-7-2/h9,11,13,15,17,19,21-23,26,41H,6-8,10,12,14,16,18,20,24-25,27-40H2,1-5H3/b11-9+,15-13+,19-17+,22-21+,26-23+. The lowest BCUT2D eigenvalue weighted by Crippen LogP contribution is -2.37. The highest BCUT2D eigenvalue weighted by molar-refractivity contribution is 7.45. The van der Waals surface area contributed by atoms with E-state index in [0.717, 1.165) is 57.8 Å². The molecule has 0 aromatic rings. The Bertz CT molecular complexity index is 1090. The van der Waals surface area contributed by atoms with Gasteiger partial charge in [0.05, 0.1) is 27.7 Å². The van der Waals surface area contributed by atoms with Crippen LogP contribution in [0, 0.1) is 0 Å². The molecule has 0 radical (unpaired) electrons. The first kappa shape index (κ1) is 50.7. The number of hydrogen-bond acceptors (Lipinski definition) is 8. The van der Waals surface area contributed by atoms with E-state index in [1.165, 1.54) is 51.4 Å². The van der Waals surface area contributed by atoms with E-state index in [1.807, 2.05) is 57.6 Å². The minimum absolute atomic E-state index is 0.0428. The van der Waals surface area contributed by atoms with Crippen LogP contribution in [0.15, 0.2) is 60.8 Å². The maximum absolute atomic E-state index is 12.6. The van der Waals surface area contributed by atoms with Crippen LogP contribution in [-0.4, -0.2) is 70.0 Å². The largest absolute Gasteiger partial charge is 0.756 e. The van der Waals surface area contributed by atoms with Crippen molar-refractivity contribution < 1.29 is 42.1 Å². The van der Waals surface area contributed by atoms with Crippen LogP contribution in [0.3, 0.4) is 0 Å². The lowest BCUT2D eigenvalue weighted by molar-refractivity contribution is -0.870. The molecule has 0 spiro atoms. The van der Waals surface area contributed by atoms with Gasteiger partial charge in [0.1, 0.15) is 19.8 Å². The number of esters is 2. The van der Waals surface area contributed by atoms with Crippen LogP contribution in [0.4, 0.5) is 0 Å². The SMILES string of the molecule is CC/C=C/C=C/C=C/C=C/CCCCCC(=O)OC(COC(=O)CCCCCCC/C=C/CCCCCCCCC)COP(=O)([O-])OCC[N+](C)(C)C. The molecule has 0 rings (SSSR count). The number of unbranched alkanes of at least 4 members (excludes halogenated alkanes) is 15. The van der Waals surface area contributed by atoms with Gasteiger partial charge in [0.15, 0.2) is 6.10 Å². The molecule has 0 fully saturated rings. The Morgan fingerprint density at radius 2 is 1.09 bits per heavy atom. The fourth-order valence-corrected chi connectivity index (χ4v) is 5.86. The van der Waals surface area contributed by atoms with Crippen molar-refractivity contribution in [2.24, 2.45) is 0 Å². The molecule has 2 unspecified atom stereocenters. The van der Waals surface area contributed by atoms with Crippen LogP contribution in [0.1, 0.15) is 149 Å². The van der Waals surface area contributed by atoms with Gasteiger partial charge in [-0.25, -0.2) is 0 Å². The van der Waals surface area contributed by atoms with Crippen molar-refractivity contribution in [3.8, 4) is 0 Å². The van der Waals surface area contributed by atoms with Crippen LogP contribution in [-0.2, 0) is 32.7 Å². The number of ether oxygens (including phenoxy) is 2. The number of phosphoric acid groups is 1. The van der Waals surface area contributed by atoms with Crippen LogP contribution < -0.4 is 4.89 Å². The first-order chi connectivity index (χ1) is 25.5. The highest BCUT2D eigenvalue weighted by atomic mass is 31.2. The first-order valence-electron chi connectivity index (χ1n) is 20.5. The Morgan fingerprint density at radius 3 is 1.68 bits per heavy atom. The predicted octanol–water partition coefficient (Wildman–Crippen LogP) is 10.7. The normalized spacial score (nSPS) is 14.3. The van der Waals surface area contributed by atoms with E-state index in [0.29, 0.717) is 23.9 Å². The average molecular weight is 766 g/mol. The third-order valence-corrected chi connectivity index (χ3v) is 9.33. The lowest BCUT2D eigenvalue weighted by atomic mass is 10.1. The highest BCUT2D eigenvalue weighted by Gasteiger charge is 2.21. The number of rotatable bonds is 36. The Kier molecular flexibility index (Phi) is 33.9. The second kappa shape index (κ2) is 35.4. The Morgan fingerprint density at radius 1 is 0.604 bits per heavy atom. The molecule has 0 aliphatic carbocycles. The molecular weight excluding hydrogens is 689 g/mol. The van der Waals surface area contributed by atoms with E-state index in [4.69, 9.17) is 18.5 Å². The van der Waals surface area contributed by atoms with E-state index in [9.17, 15) is 19.0 Å². The molecular formula is C43H76NO8P. The number of nitrogens with zero attached hydrogens (tertiary/aromatic N) is 1. The van der Waals surface area contributed by atoms with Gasteiger partial charge in [-0.15, -0.1) is 0 Å². The van der Waals surface area contributed by atoms with Gasteiger partial charge in [-0.3, -0.25) is 14.2 Å². The number of allylic oxidation sites excluding steroid dienone is 10. The number of quaternary nitrogens is 1. The fourth-order valence-electron chi connectivity index (χ4n) is 5.13. The first-order valence-corrected chi connectivity index (χ1v) is 22.0. The summed E-state index contributed by atoms with van der Waals surface area (Å²) in [6, 6.07) is 0. The third-order valence-electron chi connectivity index (χ3n) is 8.37. The summed E-state index contributed by atoms with van der Waals surface area (Å²) in [7, 11) is 1.12. The molecule has 0 N–H and O–H groups in total. The number of phosphoric ester groups is 1. The Balaban J connectivity index is 4.47. The third kappa shape index (κ3) is 39.2. The maximum atomic E-state index is 12.6. The second-order valence-electron chi connectivity index (χ2n) is 14.7. The molecule has 53 heavy (non-hydrogen) atoms. The molecule has 0 aliphatic rings. The minimum atomic E-state index is -4.64. The molecule has 0 aliphatic heterocycles. The smallest absolute Gasteiger partial charge is 0.306 e. The van der Waals surface area contributed by atoms with Crippen LogP contribution in [0.5, 0.6) is 0 Å². The van der Waals surface area contributed by atoms with Gasteiger partial charge in [-0.2, -0.15) is 0 Å². The van der Waals surface area contributed by atoms with Crippen molar-refractivity contribution in [3.05, 3.63) is 60.8 Å². The van der Waals surface area contributed by atoms with Crippen molar-refractivity contribution in [3.63, 3.8) is 0 Å². The zero-order valence-electron chi connectivity index (χ0n) is 34.2.